The van der Waals surface area contributed by atoms with Gasteiger partial charge in [-0.15, -0.1) is 0 Å². The molecule has 1 heteroatoms. The van der Waals surface area contributed by atoms with E-state index in [-0.39, 0.29) is 0 Å². The Morgan fingerprint density at radius 2 is 0.574 bits per heavy atom. The minimum atomic E-state index is 0.795. The Kier molecular flexibility index (Phi) is 7.79. The minimum absolute atomic E-state index is 0.795. The molecule has 224 valence electrons. The van der Waals surface area contributed by atoms with Gasteiger partial charge in [0.2, 0.25) is 0 Å². The SMILES string of the molecule is c1ccc(Cc2c(Cc3ccccc3)c(-c3ccccc3)c3c(-c4ccccc4)oc(-c4ccccc4)c3c2-c2ccccc2)cc1. The number of hydrogen-bond donors (Lipinski definition) is 0. The average Bonchev–Trinajstić information content (AvgIpc) is 3.54. The van der Waals surface area contributed by atoms with Crippen molar-refractivity contribution < 1.29 is 4.42 Å². The maximum absolute atomic E-state index is 7.17. The molecular formula is C46H34O. The normalized spacial score (nSPS) is 11.1. The zero-order chi connectivity index (χ0) is 31.4. The molecule has 0 spiro atoms. The largest absolute Gasteiger partial charge is 0.455 e. The summed E-state index contributed by atoms with van der Waals surface area (Å²) in [6, 6.07) is 64.8. The topological polar surface area (TPSA) is 13.1 Å². The summed E-state index contributed by atoms with van der Waals surface area (Å²) in [7, 11) is 0. The van der Waals surface area contributed by atoms with Crippen molar-refractivity contribution in [1.82, 2.24) is 0 Å². The summed E-state index contributed by atoms with van der Waals surface area (Å²) < 4.78 is 7.17. The van der Waals surface area contributed by atoms with E-state index in [9.17, 15) is 0 Å². The highest BCUT2D eigenvalue weighted by Crippen LogP contribution is 2.52. The van der Waals surface area contributed by atoms with Gasteiger partial charge in [-0.2, -0.15) is 0 Å². The fourth-order valence-corrected chi connectivity index (χ4v) is 6.93. The molecular weight excluding hydrogens is 569 g/mol. The third-order valence-corrected chi connectivity index (χ3v) is 9.02. The molecule has 47 heavy (non-hydrogen) atoms. The molecule has 1 heterocycles. The molecule has 1 aromatic heterocycles. The molecule has 0 aliphatic rings. The highest BCUT2D eigenvalue weighted by atomic mass is 16.3. The average molecular weight is 603 g/mol. The molecule has 0 fully saturated rings. The van der Waals surface area contributed by atoms with Crippen LogP contribution >= 0.6 is 0 Å². The van der Waals surface area contributed by atoms with Crippen LogP contribution in [-0.4, -0.2) is 0 Å². The van der Waals surface area contributed by atoms with Crippen LogP contribution in [-0.2, 0) is 12.8 Å². The van der Waals surface area contributed by atoms with E-state index in [0.717, 1.165) is 46.3 Å². The van der Waals surface area contributed by atoms with Crippen LogP contribution in [0, 0.1) is 0 Å². The van der Waals surface area contributed by atoms with Crippen molar-refractivity contribution in [3.63, 3.8) is 0 Å². The summed E-state index contributed by atoms with van der Waals surface area (Å²) in [5.74, 6) is 1.80. The van der Waals surface area contributed by atoms with Gasteiger partial charge in [0.1, 0.15) is 11.5 Å². The van der Waals surface area contributed by atoms with Crippen LogP contribution in [0.1, 0.15) is 22.3 Å². The Morgan fingerprint density at radius 3 is 0.894 bits per heavy atom. The molecule has 8 rings (SSSR count). The number of furan rings is 1. The van der Waals surface area contributed by atoms with Crippen molar-refractivity contribution in [3.05, 3.63) is 204 Å². The van der Waals surface area contributed by atoms with Crippen LogP contribution in [0.2, 0.25) is 0 Å². The van der Waals surface area contributed by atoms with Crippen molar-refractivity contribution in [2.45, 2.75) is 12.8 Å². The van der Waals surface area contributed by atoms with E-state index in [0.29, 0.717) is 0 Å². The second kappa shape index (κ2) is 12.8. The van der Waals surface area contributed by atoms with Crippen molar-refractivity contribution in [1.29, 1.82) is 0 Å². The fraction of sp³-hybridized carbons (Fsp3) is 0.0435. The van der Waals surface area contributed by atoms with E-state index < -0.39 is 0 Å². The molecule has 7 aromatic carbocycles. The Morgan fingerprint density at radius 1 is 0.298 bits per heavy atom. The Balaban J connectivity index is 1.61. The first-order chi connectivity index (χ1) is 23.3. The predicted octanol–water partition coefficient (Wildman–Crippen LogP) is 12.3. The third kappa shape index (κ3) is 5.58. The summed E-state index contributed by atoms with van der Waals surface area (Å²) in [6.45, 7) is 0. The maximum atomic E-state index is 7.17. The van der Waals surface area contributed by atoms with Gasteiger partial charge in [-0.3, -0.25) is 0 Å². The van der Waals surface area contributed by atoms with Crippen molar-refractivity contribution in [2.75, 3.05) is 0 Å². The van der Waals surface area contributed by atoms with Crippen LogP contribution in [0.25, 0.3) is 55.7 Å². The van der Waals surface area contributed by atoms with Crippen molar-refractivity contribution >= 4 is 10.8 Å². The number of fused-ring (bicyclic) bond motifs is 1. The molecule has 0 saturated carbocycles. The molecule has 1 nitrogen and oxygen atoms in total. The van der Waals surface area contributed by atoms with E-state index in [2.05, 4.69) is 182 Å². The van der Waals surface area contributed by atoms with Crippen LogP contribution < -0.4 is 0 Å². The first-order valence-electron chi connectivity index (χ1n) is 16.3. The Labute approximate surface area is 276 Å². The van der Waals surface area contributed by atoms with Gasteiger partial charge in [-0.25, -0.2) is 0 Å². The second-order valence-electron chi connectivity index (χ2n) is 12.0. The number of rotatable bonds is 8. The van der Waals surface area contributed by atoms with Gasteiger partial charge in [0.15, 0.2) is 0 Å². The van der Waals surface area contributed by atoms with Gasteiger partial charge in [0.05, 0.1) is 0 Å². The van der Waals surface area contributed by atoms with E-state index >= 15 is 0 Å². The van der Waals surface area contributed by atoms with E-state index in [4.69, 9.17) is 4.42 Å². The first-order valence-corrected chi connectivity index (χ1v) is 16.3. The maximum Gasteiger partial charge on any atom is 0.143 e. The van der Waals surface area contributed by atoms with Crippen molar-refractivity contribution in [3.8, 4) is 44.9 Å². The van der Waals surface area contributed by atoms with E-state index in [1.165, 1.54) is 44.5 Å². The molecule has 0 aliphatic heterocycles. The van der Waals surface area contributed by atoms with Gasteiger partial charge in [-0.1, -0.05) is 182 Å². The summed E-state index contributed by atoms with van der Waals surface area (Å²) in [5.41, 5.74) is 12.2. The lowest BCUT2D eigenvalue weighted by atomic mass is 9.79. The lowest BCUT2D eigenvalue weighted by Gasteiger charge is -2.23. The lowest BCUT2D eigenvalue weighted by molar-refractivity contribution is 0.602. The molecule has 0 N–H and O–H groups in total. The lowest BCUT2D eigenvalue weighted by Crippen LogP contribution is -2.05. The molecule has 0 bridgehead atoms. The van der Waals surface area contributed by atoms with Gasteiger partial charge < -0.3 is 4.42 Å². The standard InChI is InChI=1S/C46H34O/c1-7-19-33(20-8-1)31-39-40(32-34-21-9-2-10-22-34)42(36-25-13-4-14-26-36)44-43(41(39)35-23-11-3-12-24-35)45(37-27-15-5-16-28-37)47-46(44)38-29-17-6-18-30-38/h1-30H,31-32H2. The molecule has 0 saturated heterocycles. The van der Waals surface area contributed by atoms with Gasteiger partial charge in [-0.05, 0) is 57.3 Å². The van der Waals surface area contributed by atoms with Crippen LogP contribution in [0.5, 0.6) is 0 Å². The summed E-state index contributed by atoms with van der Waals surface area (Å²) >= 11 is 0. The number of hydrogen-bond acceptors (Lipinski definition) is 1. The molecule has 0 unspecified atom stereocenters. The molecule has 0 atom stereocenters. The zero-order valence-corrected chi connectivity index (χ0v) is 26.1. The van der Waals surface area contributed by atoms with Crippen molar-refractivity contribution in [2.24, 2.45) is 0 Å². The number of benzene rings is 7. The second-order valence-corrected chi connectivity index (χ2v) is 12.0. The van der Waals surface area contributed by atoms with Gasteiger partial charge in [0.25, 0.3) is 0 Å². The fourth-order valence-electron chi connectivity index (χ4n) is 6.93. The van der Waals surface area contributed by atoms with Crippen LogP contribution in [0.4, 0.5) is 0 Å². The molecule has 0 radical (unpaired) electrons. The smallest absolute Gasteiger partial charge is 0.143 e. The molecule has 0 aliphatic carbocycles. The van der Waals surface area contributed by atoms with E-state index in [1.54, 1.807) is 0 Å². The highest BCUT2D eigenvalue weighted by Gasteiger charge is 2.29. The van der Waals surface area contributed by atoms with E-state index in [1.807, 2.05) is 0 Å². The van der Waals surface area contributed by atoms with Gasteiger partial charge in [0, 0.05) is 21.9 Å². The van der Waals surface area contributed by atoms with Crippen LogP contribution in [0.15, 0.2) is 186 Å². The quantitative estimate of drug-likeness (QED) is 0.169. The third-order valence-electron chi connectivity index (χ3n) is 9.02. The summed E-state index contributed by atoms with van der Waals surface area (Å²) in [4.78, 5) is 0. The molecule has 0 amide bonds. The van der Waals surface area contributed by atoms with Gasteiger partial charge >= 0.3 is 0 Å². The predicted molar refractivity (Wildman–Crippen MR) is 196 cm³/mol. The summed E-state index contributed by atoms with van der Waals surface area (Å²) in [5, 5.41) is 2.31. The Hall–Kier alpha value is -5.92. The Bertz CT molecular complexity index is 2070. The summed E-state index contributed by atoms with van der Waals surface area (Å²) in [6.07, 6.45) is 1.59. The minimum Gasteiger partial charge on any atom is -0.455 e. The first kappa shape index (κ1) is 28.5. The highest BCUT2D eigenvalue weighted by molar-refractivity contribution is 6.18. The van der Waals surface area contributed by atoms with Crippen LogP contribution in [0.3, 0.4) is 0 Å². The molecule has 8 aromatic rings. The zero-order valence-electron chi connectivity index (χ0n) is 26.1. The monoisotopic (exact) mass is 602 g/mol.